The zero-order valence-corrected chi connectivity index (χ0v) is 20.3. The van der Waals surface area contributed by atoms with Crippen LogP contribution in [0, 0.1) is 0 Å². The van der Waals surface area contributed by atoms with Crippen molar-refractivity contribution in [2.24, 2.45) is 0 Å². The van der Waals surface area contributed by atoms with Crippen molar-refractivity contribution in [3.8, 4) is 17.2 Å². The fraction of sp³-hybridized carbons (Fsp3) is 0.231. The van der Waals surface area contributed by atoms with E-state index >= 15 is 0 Å². The Labute approximate surface area is 212 Å². The number of carboxylic acids is 1. The van der Waals surface area contributed by atoms with Crippen LogP contribution in [0.5, 0.6) is 17.2 Å². The van der Waals surface area contributed by atoms with Gasteiger partial charge in [0.1, 0.15) is 17.2 Å². The molecule has 1 heterocycles. The molecule has 0 fully saturated rings. The lowest BCUT2D eigenvalue weighted by Crippen LogP contribution is -2.40. The average Bonchev–Trinajstić information content (AvgIpc) is 2.85. The van der Waals surface area contributed by atoms with E-state index in [1.807, 2.05) is 0 Å². The number of ether oxygens (including phenoxy) is 2. The zero-order chi connectivity index (χ0) is 25.1. The fourth-order valence-electron chi connectivity index (χ4n) is 3.91. The molecule has 2 N–H and O–H groups in total. The molecule has 2 atom stereocenters. The number of benzene rings is 3. The first-order valence-corrected chi connectivity index (χ1v) is 11.7. The lowest BCUT2D eigenvalue weighted by Gasteiger charge is -2.28. The van der Waals surface area contributed by atoms with Crippen LogP contribution >= 0.6 is 23.2 Å². The smallest absolute Gasteiger partial charge is 0.311 e. The minimum atomic E-state index is -0.928. The van der Waals surface area contributed by atoms with Crippen molar-refractivity contribution in [1.29, 1.82) is 0 Å². The Morgan fingerprint density at radius 3 is 2.43 bits per heavy atom. The van der Waals surface area contributed by atoms with E-state index in [1.165, 1.54) is 4.90 Å². The van der Waals surface area contributed by atoms with Gasteiger partial charge in [-0.2, -0.15) is 0 Å². The molecule has 0 aromatic heterocycles. The maximum absolute atomic E-state index is 13.3. The summed E-state index contributed by atoms with van der Waals surface area (Å²) < 4.78 is 11.5. The van der Waals surface area contributed by atoms with Gasteiger partial charge in [-0.05, 0) is 67.9 Å². The maximum atomic E-state index is 13.3. The van der Waals surface area contributed by atoms with Crippen LogP contribution in [-0.2, 0) is 4.79 Å². The second-order valence-electron chi connectivity index (χ2n) is 8.16. The Morgan fingerprint density at radius 2 is 1.80 bits per heavy atom. The molecular formula is C26H23Cl2NO6. The van der Waals surface area contributed by atoms with E-state index in [1.54, 1.807) is 67.6 Å². The number of amides is 1. The van der Waals surface area contributed by atoms with Crippen molar-refractivity contribution in [1.82, 2.24) is 0 Å². The van der Waals surface area contributed by atoms with E-state index < -0.39 is 17.9 Å². The van der Waals surface area contributed by atoms with Gasteiger partial charge in [0, 0.05) is 27.9 Å². The largest absolute Gasteiger partial charge is 0.493 e. The molecule has 2 unspecified atom stereocenters. The van der Waals surface area contributed by atoms with Crippen LogP contribution in [-0.4, -0.2) is 41.3 Å². The molecule has 0 saturated heterocycles. The summed E-state index contributed by atoms with van der Waals surface area (Å²) in [6.07, 6.45) is 0.371. The topological polar surface area (TPSA) is 96.3 Å². The van der Waals surface area contributed by atoms with Gasteiger partial charge in [-0.25, -0.2) is 0 Å². The molecular weight excluding hydrogens is 493 g/mol. The van der Waals surface area contributed by atoms with Crippen LogP contribution < -0.4 is 14.4 Å². The lowest BCUT2D eigenvalue weighted by atomic mass is 9.93. The molecule has 3 aromatic carbocycles. The first kappa shape index (κ1) is 24.9. The number of carbonyl (C=O) groups is 2. The van der Waals surface area contributed by atoms with Gasteiger partial charge in [0.2, 0.25) is 0 Å². The fourth-order valence-corrected chi connectivity index (χ4v) is 4.25. The molecule has 182 valence electrons. The standard InChI is InChI=1S/C26H23Cl2NO6/c1-15(14-30)29(18-6-4-17(27)5-7-18)25(31)16-2-8-19(9-3-16)35-24-13-23-21(12-22(24)28)20(26(32)33)10-11-34-23/h2-9,12-13,15,20,30H,10-11,14H2,1H3,(H,32,33). The second kappa shape index (κ2) is 10.6. The summed E-state index contributed by atoms with van der Waals surface area (Å²) in [6.45, 7) is 1.83. The van der Waals surface area contributed by atoms with E-state index in [-0.39, 0.29) is 24.1 Å². The first-order valence-electron chi connectivity index (χ1n) is 11.0. The highest BCUT2D eigenvalue weighted by Gasteiger charge is 2.29. The van der Waals surface area contributed by atoms with Gasteiger partial charge < -0.3 is 24.6 Å². The highest BCUT2D eigenvalue weighted by atomic mass is 35.5. The van der Waals surface area contributed by atoms with E-state index in [0.717, 1.165) is 0 Å². The molecule has 0 aliphatic carbocycles. The predicted octanol–water partition coefficient (Wildman–Crippen LogP) is 5.76. The van der Waals surface area contributed by atoms with E-state index in [0.29, 0.717) is 45.5 Å². The van der Waals surface area contributed by atoms with Crippen LogP contribution in [0.15, 0.2) is 60.7 Å². The molecule has 0 bridgehead atoms. The Hall–Kier alpha value is -3.26. The summed E-state index contributed by atoms with van der Waals surface area (Å²) in [6, 6.07) is 16.0. The van der Waals surface area contributed by atoms with E-state index in [2.05, 4.69) is 0 Å². The number of aliphatic hydroxyl groups excluding tert-OH is 1. The van der Waals surface area contributed by atoms with Crippen molar-refractivity contribution in [2.45, 2.75) is 25.3 Å². The number of rotatable bonds is 7. The molecule has 35 heavy (non-hydrogen) atoms. The summed E-state index contributed by atoms with van der Waals surface area (Å²) in [4.78, 5) is 26.3. The summed E-state index contributed by atoms with van der Waals surface area (Å²) in [5.74, 6) is -0.732. The molecule has 1 aliphatic heterocycles. The SMILES string of the molecule is CC(CO)N(C(=O)c1ccc(Oc2cc3c(cc2Cl)C(C(=O)O)CCO3)cc1)c1ccc(Cl)cc1. The molecule has 0 spiro atoms. The van der Waals surface area contributed by atoms with Crippen LogP contribution in [0.25, 0.3) is 0 Å². The van der Waals surface area contributed by atoms with Gasteiger partial charge >= 0.3 is 5.97 Å². The number of carbonyl (C=O) groups excluding carboxylic acids is 1. The Morgan fingerprint density at radius 1 is 1.11 bits per heavy atom. The number of nitrogens with zero attached hydrogens (tertiary/aromatic N) is 1. The van der Waals surface area contributed by atoms with Crippen molar-refractivity contribution in [3.05, 3.63) is 81.8 Å². The highest BCUT2D eigenvalue weighted by molar-refractivity contribution is 6.32. The van der Waals surface area contributed by atoms with Gasteiger partial charge in [0.15, 0.2) is 0 Å². The van der Waals surface area contributed by atoms with Gasteiger partial charge in [-0.3, -0.25) is 9.59 Å². The van der Waals surface area contributed by atoms with Crippen molar-refractivity contribution in [3.63, 3.8) is 0 Å². The highest BCUT2D eigenvalue weighted by Crippen LogP contribution is 2.41. The number of fused-ring (bicyclic) bond motifs is 1. The van der Waals surface area contributed by atoms with Crippen molar-refractivity contribution >= 4 is 40.8 Å². The predicted molar refractivity (Wildman–Crippen MR) is 133 cm³/mol. The van der Waals surface area contributed by atoms with Crippen LogP contribution in [0.2, 0.25) is 10.0 Å². The van der Waals surface area contributed by atoms with Crippen LogP contribution in [0.4, 0.5) is 5.69 Å². The van der Waals surface area contributed by atoms with Crippen LogP contribution in [0.3, 0.4) is 0 Å². The monoisotopic (exact) mass is 515 g/mol. The normalized spacial score (nSPS) is 15.5. The number of aliphatic hydroxyl groups is 1. The summed E-state index contributed by atoms with van der Waals surface area (Å²) >= 11 is 12.3. The Kier molecular flexibility index (Phi) is 7.50. The minimum absolute atomic E-state index is 0.211. The summed E-state index contributed by atoms with van der Waals surface area (Å²) in [5.41, 5.74) is 1.53. The van der Waals surface area contributed by atoms with Crippen molar-refractivity contribution in [2.75, 3.05) is 18.1 Å². The van der Waals surface area contributed by atoms with Gasteiger partial charge in [-0.1, -0.05) is 23.2 Å². The molecule has 1 aliphatic rings. The van der Waals surface area contributed by atoms with Gasteiger partial charge in [0.05, 0.1) is 30.2 Å². The second-order valence-corrected chi connectivity index (χ2v) is 9.00. The number of carboxylic acid groups (broad SMARTS) is 1. The third-order valence-electron chi connectivity index (χ3n) is 5.76. The summed E-state index contributed by atoms with van der Waals surface area (Å²) in [7, 11) is 0. The molecule has 7 nitrogen and oxygen atoms in total. The zero-order valence-electron chi connectivity index (χ0n) is 18.8. The first-order chi connectivity index (χ1) is 16.8. The number of anilines is 1. The third kappa shape index (κ3) is 5.37. The molecule has 3 aromatic rings. The van der Waals surface area contributed by atoms with E-state index in [9.17, 15) is 19.8 Å². The third-order valence-corrected chi connectivity index (χ3v) is 6.31. The lowest BCUT2D eigenvalue weighted by molar-refractivity contribution is -0.139. The number of aliphatic carboxylic acids is 1. The van der Waals surface area contributed by atoms with Gasteiger partial charge in [-0.15, -0.1) is 0 Å². The average molecular weight is 516 g/mol. The molecule has 1 amide bonds. The number of hydrogen-bond acceptors (Lipinski definition) is 5. The quantitative estimate of drug-likeness (QED) is 0.414. The van der Waals surface area contributed by atoms with Gasteiger partial charge in [0.25, 0.3) is 5.91 Å². The molecule has 0 saturated carbocycles. The molecule has 9 heteroatoms. The Bertz CT molecular complexity index is 1230. The molecule has 4 rings (SSSR count). The maximum Gasteiger partial charge on any atom is 0.311 e. The van der Waals surface area contributed by atoms with Crippen molar-refractivity contribution < 1.29 is 29.3 Å². The minimum Gasteiger partial charge on any atom is -0.493 e. The molecule has 0 radical (unpaired) electrons. The summed E-state index contributed by atoms with van der Waals surface area (Å²) in [5, 5.41) is 19.9. The van der Waals surface area contributed by atoms with E-state index in [4.69, 9.17) is 32.7 Å². The van der Waals surface area contributed by atoms with Crippen LogP contribution in [0.1, 0.15) is 35.2 Å². The Balaban J connectivity index is 1.55. The number of hydrogen-bond donors (Lipinski definition) is 2. The number of halogens is 2.